The van der Waals surface area contributed by atoms with E-state index in [0.29, 0.717) is 16.2 Å². The van der Waals surface area contributed by atoms with Gasteiger partial charge in [-0.25, -0.2) is 0 Å². The van der Waals surface area contributed by atoms with Crippen molar-refractivity contribution in [2.24, 2.45) is 288 Å². The van der Waals surface area contributed by atoms with E-state index in [1.165, 1.54) is 112 Å². The highest BCUT2D eigenvalue weighted by molar-refractivity contribution is 5.38. The Hall–Kier alpha value is 0. The van der Waals surface area contributed by atoms with Gasteiger partial charge in [0, 0.05) is 0 Å². The summed E-state index contributed by atoms with van der Waals surface area (Å²) < 4.78 is 0. The zero-order valence-electron chi connectivity index (χ0n) is 49.3. The zero-order valence-corrected chi connectivity index (χ0v) is 49.3. The van der Waals surface area contributed by atoms with E-state index in [1.54, 1.807) is 83.5 Å². The standard InChI is InChI=1S/C74H108/c1-26(2)72(27(3)4)22-40-46-32-14-13-15-33-18-45-35-19-34(33)47-41-23-73(28(5)6,29(7)8)24-42-48(35)62-58(42)64-54(37-20-36-49(37)56(41)52(36)47)65(69(62)64)66-55(39-21-38-50(39)61-53(38)60(46)57(40)61)67-68-59-43(25-72)51(63(59)70(68)71(66)67)44(17-16-32)74(45,30(9)10)31(11)12/h26-71H,13-25H2,1-12H3. The highest BCUT2D eigenvalue weighted by Crippen LogP contribution is 2.95. The minimum Gasteiger partial charge on any atom is -0.0622 e. The van der Waals surface area contributed by atoms with Gasteiger partial charge < -0.3 is 0 Å². The third-order valence-electron chi connectivity index (χ3n) is 38.5. The third-order valence-corrected chi connectivity index (χ3v) is 38.5. The summed E-state index contributed by atoms with van der Waals surface area (Å²) in [5.74, 6) is 50.6. The van der Waals surface area contributed by atoms with E-state index in [1.807, 2.05) is 0 Å². The zero-order chi connectivity index (χ0) is 49.3. The lowest BCUT2D eigenvalue weighted by atomic mass is 9.13. The minimum atomic E-state index is 0.501. The molecule has 10 bridgehead atoms. The number of hydrogen-bond donors (Lipinski definition) is 0. The number of rotatable bonds is 6. The van der Waals surface area contributed by atoms with Gasteiger partial charge in [-0.1, -0.05) is 102 Å². The normalized spacial score (nSPS) is 69.2. The van der Waals surface area contributed by atoms with Crippen molar-refractivity contribution in [2.75, 3.05) is 0 Å². The molecular formula is C74H108. The van der Waals surface area contributed by atoms with Crippen LogP contribution in [0.2, 0.25) is 0 Å². The quantitative estimate of drug-likeness (QED) is 0.249. The molecular weight excluding hydrogens is 889 g/mol. The Labute approximate surface area is 452 Å². The summed E-state index contributed by atoms with van der Waals surface area (Å²) in [6, 6.07) is 0. The van der Waals surface area contributed by atoms with E-state index in [4.69, 9.17) is 0 Å². The number of hydrogen-bond acceptors (Lipinski definition) is 0. The Morgan fingerprint density at radius 1 is 0.230 bits per heavy atom. The highest BCUT2D eigenvalue weighted by atomic mass is 15.0. The first-order chi connectivity index (χ1) is 35.7. The van der Waals surface area contributed by atoms with Crippen molar-refractivity contribution >= 4 is 0 Å². The van der Waals surface area contributed by atoms with Crippen LogP contribution in [0.5, 0.6) is 0 Å². The molecule has 40 unspecified atom stereocenters. The van der Waals surface area contributed by atoms with Crippen LogP contribution in [0, 0.1) is 288 Å². The molecule has 0 heteroatoms. The summed E-state index contributed by atoms with van der Waals surface area (Å²) in [5.41, 5.74) is 1.61. The van der Waals surface area contributed by atoms with Crippen LogP contribution < -0.4 is 0 Å². The van der Waals surface area contributed by atoms with Crippen LogP contribution in [0.15, 0.2) is 0 Å². The first-order valence-electron chi connectivity index (χ1n) is 35.7. The molecule has 21 fully saturated rings. The van der Waals surface area contributed by atoms with E-state index < -0.39 is 0 Å². The molecule has 0 nitrogen and oxygen atoms in total. The fraction of sp³-hybridized carbons (Fsp3) is 1.00. The van der Waals surface area contributed by atoms with Crippen molar-refractivity contribution in [2.45, 2.75) is 167 Å². The summed E-state index contributed by atoms with van der Waals surface area (Å²) in [6.07, 6.45) is 22.0. The van der Waals surface area contributed by atoms with Gasteiger partial charge in [0.25, 0.3) is 0 Å². The minimum absolute atomic E-state index is 0.501. The maximum atomic E-state index is 2.97. The first-order valence-corrected chi connectivity index (χ1v) is 35.7. The van der Waals surface area contributed by atoms with Crippen LogP contribution >= 0.6 is 0 Å². The summed E-state index contributed by atoms with van der Waals surface area (Å²) in [4.78, 5) is 0. The van der Waals surface area contributed by atoms with Crippen LogP contribution in [0.4, 0.5) is 0 Å². The molecule has 404 valence electrons. The van der Waals surface area contributed by atoms with E-state index in [-0.39, 0.29) is 0 Å². The van der Waals surface area contributed by atoms with Gasteiger partial charge in [0.1, 0.15) is 0 Å². The van der Waals surface area contributed by atoms with Gasteiger partial charge >= 0.3 is 0 Å². The maximum Gasteiger partial charge on any atom is -0.0189 e. The fourth-order valence-electron chi connectivity index (χ4n) is 37.4. The molecule has 21 aliphatic carbocycles. The summed E-state index contributed by atoms with van der Waals surface area (Å²) in [5, 5.41) is 0. The summed E-state index contributed by atoms with van der Waals surface area (Å²) in [7, 11) is 0. The van der Waals surface area contributed by atoms with Crippen molar-refractivity contribution in [3.63, 3.8) is 0 Å². The van der Waals surface area contributed by atoms with Crippen molar-refractivity contribution < 1.29 is 0 Å². The second-order valence-corrected chi connectivity index (χ2v) is 38.0. The average Bonchev–Trinajstić information content (AvgIpc) is 3.42. The van der Waals surface area contributed by atoms with E-state index in [9.17, 15) is 0 Å². The summed E-state index contributed by atoms with van der Waals surface area (Å²) in [6.45, 7) is 34.4. The first kappa shape index (κ1) is 44.6. The lowest BCUT2D eigenvalue weighted by Crippen LogP contribution is -2.88. The molecule has 0 saturated heterocycles. The Bertz CT molecular complexity index is 2460. The smallest absolute Gasteiger partial charge is 0.0189 e. The second-order valence-electron chi connectivity index (χ2n) is 38.0. The van der Waals surface area contributed by atoms with E-state index in [0.717, 1.165) is 160 Å². The van der Waals surface area contributed by atoms with Gasteiger partial charge in [-0.05, 0) is 353 Å². The molecule has 0 aromatic heterocycles. The predicted octanol–water partition coefficient (Wildman–Crippen LogP) is 16.9. The van der Waals surface area contributed by atoms with Crippen LogP contribution in [0.25, 0.3) is 0 Å². The predicted molar refractivity (Wildman–Crippen MR) is 296 cm³/mol. The molecule has 0 radical (unpaired) electrons. The van der Waals surface area contributed by atoms with Gasteiger partial charge in [-0.15, -0.1) is 0 Å². The van der Waals surface area contributed by atoms with Crippen LogP contribution in [0.3, 0.4) is 0 Å². The average molecular weight is 998 g/mol. The molecule has 0 spiro atoms. The van der Waals surface area contributed by atoms with Crippen molar-refractivity contribution in [3.05, 3.63) is 0 Å². The molecule has 0 heterocycles. The summed E-state index contributed by atoms with van der Waals surface area (Å²) >= 11 is 0. The lowest BCUT2D eigenvalue weighted by molar-refractivity contribution is -0.448. The monoisotopic (exact) mass is 997 g/mol. The van der Waals surface area contributed by atoms with Crippen LogP contribution in [0.1, 0.15) is 167 Å². The van der Waals surface area contributed by atoms with E-state index >= 15 is 0 Å². The SMILES string of the molecule is CC(C)C1(C(C)C)CC2C3C4CC5C6C(C1)C1C6C6C1C(C1CC7C1C2C73)C6C1C2C3CC6C3C3C7C8CC(C(C)C)(C(C)C)CC9C%10C%11C2C1C%11C%10C9C1CCC(CCCC4CC5C1(C(C)C)C(C)C)C8C7C63. The molecule has 21 rings (SSSR count). The van der Waals surface area contributed by atoms with Crippen LogP contribution in [-0.2, 0) is 0 Å². The molecule has 0 aliphatic heterocycles. The van der Waals surface area contributed by atoms with Crippen LogP contribution in [-0.4, -0.2) is 0 Å². The maximum absolute atomic E-state index is 2.97. The molecule has 21 aliphatic rings. The van der Waals surface area contributed by atoms with Gasteiger partial charge in [-0.2, -0.15) is 0 Å². The molecule has 0 aromatic rings. The van der Waals surface area contributed by atoms with Gasteiger partial charge in [0.05, 0.1) is 0 Å². The van der Waals surface area contributed by atoms with Crippen molar-refractivity contribution in [1.82, 2.24) is 0 Å². The Morgan fingerprint density at radius 2 is 0.554 bits per heavy atom. The Morgan fingerprint density at radius 3 is 1.07 bits per heavy atom. The van der Waals surface area contributed by atoms with Crippen molar-refractivity contribution in [1.29, 1.82) is 0 Å². The Balaban J connectivity index is 0.854. The Kier molecular flexibility index (Phi) is 7.99. The molecule has 74 heavy (non-hydrogen) atoms. The molecule has 21 saturated carbocycles. The molecule has 0 N–H and O–H groups in total. The van der Waals surface area contributed by atoms with Crippen molar-refractivity contribution in [3.8, 4) is 0 Å². The molecule has 0 amide bonds. The topological polar surface area (TPSA) is 0 Å². The number of fused-ring (bicyclic) bond motifs is 21. The fourth-order valence-corrected chi connectivity index (χ4v) is 37.4. The van der Waals surface area contributed by atoms with E-state index in [2.05, 4.69) is 83.1 Å². The molecule has 0 aromatic carbocycles. The van der Waals surface area contributed by atoms with Gasteiger partial charge in [0.15, 0.2) is 0 Å². The third kappa shape index (κ3) is 4.06. The van der Waals surface area contributed by atoms with Gasteiger partial charge in [-0.3, -0.25) is 0 Å². The lowest BCUT2D eigenvalue weighted by Gasteiger charge is -2.91. The molecule has 40 atom stereocenters. The largest absolute Gasteiger partial charge is 0.0622 e. The van der Waals surface area contributed by atoms with Gasteiger partial charge in [0.2, 0.25) is 0 Å². The second kappa shape index (κ2) is 13.2. The highest BCUT2D eigenvalue weighted by Gasteiger charge is 2.91.